The Morgan fingerprint density at radius 1 is 1.02 bits per heavy atom. The second-order valence-electron chi connectivity index (χ2n) is 10.6. The summed E-state index contributed by atoms with van der Waals surface area (Å²) < 4.78 is 76.1. The number of benzene rings is 2. The lowest BCUT2D eigenvalue weighted by molar-refractivity contribution is -0.138. The van der Waals surface area contributed by atoms with Crippen LogP contribution in [0.3, 0.4) is 0 Å². The summed E-state index contributed by atoms with van der Waals surface area (Å²) in [5, 5.41) is 2.55. The SMILES string of the molecule is C[C@H]1CN(c2nccc(-c3cc(NC(=O)c4ccc(F)cc4C(F)(F)F)c(N4CCN(C)[C@@H](C)C4)cc3F)n2)CCO1. The molecular formula is C29H31F5N6O2. The Bertz CT molecular complexity index is 1470. The maximum Gasteiger partial charge on any atom is 0.417 e. The number of nitrogens with zero attached hydrogens (tertiary/aromatic N) is 5. The number of likely N-dealkylation sites (N-methyl/N-ethyl adjacent to an activating group) is 1. The van der Waals surface area contributed by atoms with Gasteiger partial charge >= 0.3 is 6.18 Å². The second kappa shape index (κ2) is 11.8. The standard InChI is InChI=1S/C29H31F5N6O2/c1-17-15-39(9-8-38(17)3)26-14-23(31)21(24-6-7-35-28(37-24)40-10-11-42-18(2)16-40)13-25(26)36-27(41)20-5-4-19(30)12-22(20)29(32,33)34/h4-7,12-14,17-18H,8-11,15-16H2,1-3H3,(H,36,41)/t17-,18-/m0/s1. The van der Waals surface area contributed by atoms with E-state index >= 15 is 4.39 Å². The van der Waals surface area contributed by atoms with Gasteiger partial charge in [-0.3, -0.25) is 4.79 Å². The van der Waals surface area contributed by atoms with Gasteiger partial charge < -0.3 is 24.8 Å². The Labute approximate surface area is 240 Å². The molecule has 8 nitrogen and oxygen atoms in total. The summed E-state index contributed by atoms with van der Waals surface area (Å²) in [4.78, 5) is 28.1. The Balaban J connectivity index is 1.56. The number of ether oxygens (including phenoxy) is 1. The number of piperazine rings is 1. The third-order valence-corrected chi connectivity index (χ3v) is 7.61. The summed E-state index contributed by atoms with van der Waals surface area (Å²) in [7, 11) is 1.96. The molecule has 0 unspecified atom stereocenters. The lowest BCUT2D eigenvalue weighted by atomic mass is 10.0. The molecule has 0 radical (unpaired) electrons. The molecule has 42 heavy (non-hydrogen) atoms. The van der Waals surface area contributed by atoms with Crippen molar-refractivity contribution < 1.29 is 31.5 Å². The van der Waals surface area contributed by atoms with E-state index in [1.165, 1.54) is 24.4 Å². The minimum absolute atomic E-state index is 0.0383. The van der Waals surface area contributed by atoms with Crippen molar-refractivity contribution in [2.24, 2.45) is 0 Å². The van der Waals surface area contributed by atoms with Crippen LogP contribution in [0.5, 0.6) is 0 Å². The quantitative estimate of drug-likeness (QED) is 0.417. The molecule has 1 aromatic heterocycles. The van der Waals surface area contributed by atoms with Gasteiger partial charge in [0, 0.05) is 50.5 Å². The zero-order valence-electron chi connectivity index (χ0n) is 23.4. The molecule has 2 atom stereocenters. The van der Waals surface area contributed by atoms with Gasteiger partial charge in [-0.25, -0.2) is 18.7 Å². The number of hydrogen-bond donors (Lipinski definition) is 1. The molecule has 224 valence electrons. The van der Waals surface area contributed by atoms with Gasteiger partial charge in [0.25, 0.3) is 5.91 Å². The molecule has 1 N–H and O–H groups in total. The molecule has 2 aromatic carbocycles. The highest BCUT2D eigenvalue weighted by Gasteiger charge is 2.36. The van der Waals surface area contributed by atoms with E-state index in [1.54, 1.807) is 0 Å². The van der Waals surface area contributed by atoms with Gasteiger partial charge in [0.2, 0.25) is 5.95 Å². The molecule has 3 aromatic rings. The van der Waals surface area contributed by atoms with E-state index < -0.39 is 34.8 Å². The van der Waals surface area contributed by atoms with Crippen LogP contribution in [0.25, 0.3) is 11.3 Å². The predicted octanol–water partition coefficient (Wildman–Crippen LogP) is 5.06. The van der Waals surface area contributed by atoms with Crippen LogP contribution >= 0.6 is 0 Å². The summed E-state index contributed by atoms with van der Waals surface area (Å²) in [6.07, 6.45) is -3.50. The van der Waals surface area contributed by atoms with Crippen molar-refractivity contribution in [3.8, 4) is 11.3 Å². The summed E-state index contributed by atoms with van der Waals surface area (Å²) in [5.41, 5.74) is -1.46. The van der Waals surface area contributed by atoms with E-state index in [0.717, 1.165) is 12.1 Å². The molecular weight excluding hydrogens is 559 g/mol. The van der Waals surface area contributed by atoms with Crippen LogP contribution in [0.15, 0.2) is 42.6 Å². The number of morpholine rings is 1. The first kappa shape index (κ1) is 29.6. The minimum atomic E-state index is -4.97. The molecule has 2 saturated heterocycles. The van der Waals surface area contributed by atoms with E-state index in [-0.39, 0.29) is 35.2 Å². The number of carbonyl (C=O) groups excluding carboxylic acids is 1. The molecule has 0 saturated carbocycles. The lowest BCUT2D eigenvalue weighted by Crippen LogP contribution is -2.50. The molecule has 3 heterocycles. The van der Waals surface area contributed by atoms with Crippen molar-refractivity contribution in [3.63, 3.8) is 0 Å². The van der Waals surface area contributed by atoms with Crippen LogP contribution in [0.2, 0.25) is 0 Å². The van der Waals surface area contributed by atoms with Crippen LogP contribution in [0.1, 0.15) is 29.8 Å². The fourth-order valence-electron chi connectivity index (χ4n) is 5.18. The first-order chi connectivity index (χ1) is 19.9. The van der Waals surface area contributed by atoms with Gasteiger partial charge in [-0.2, -0.15) is 13.2 Å². The maximum absolute atomic E-state index is 15.8. The molecule has 1 amide bonds. The van der Waals surface area contributed by atoms with Gasteiger partial charge in [0.05, 0.1) is 40.9 Å². The largest absolute Gasteiger partial charge is 0.417 e. The van der Waals surface area contributed by atoms with Gasteiger partial charge in [-0.1, -0.05) is 0 Å². The normalized spacial score (nSPS) is 20.1. The summed E-state index contributed by atoms with van der Waals surface area (Å²) in [6.45, 7) is 7.16. The van der Waals surface area contributed by atoms with Crippen molar-refractivity contribution in [1.82, 2.24) is 14.9 Å². The maximum atomic E-state index is 15.8. The third-order valence-electron chi connectivity index (χ3n) is 7.61. The predicted molar refractivity (Wildman–Crippen MR) is 149 cm³/mol. The van der Waals surface area contributed by atoms with Crippen molar-refractivity contribution >= 4 is 23.2 Å². The number of anilines is 3. The van der Waals surface area contributed by atoms with Crippen LogP contribution in [0.4, 0.5) is 39.3 Å². The number of carbonyl (C=O) groups is 1. The highest BCUT2D eigenvalue weighted by Crippen LogP contribution is 2.37. The Kier molecular flexibility index (Phi) is 8.33. The fraction of sp³-hybridized carbons (Fsp3) is 0.414. The van der Waals surface area contributed by atoms with Crippen molar-refractivity contribution in [3.05, 3.63) is 65.4 Å². The molecule has 2 aliphatic heterocycles. The lowest BCUT2D eigenvalue weighted by Gasteiger charge is -2.39. The molecule has 0 aliphatic carbocycles. The Hall–Kier alpha value is -3.84. The molecule has 0 bridgehead atoms. The number of aromatic nitrogens is 2. The number of halogens is 5. The smallest absolute Gasteiger partial charge is 0.375 e. The molecule has 5 rings (SSSR count). The zero-order chi connectivity index (χ0) is 30.2. The molecule has 2 fully saturated rings. The van der Waals surface area contributed by atoms with E-state index in [4.69, 9.17) is 4.74 Å². The second-order valence-corrected chi connectivity index (χ2v) is 10.6. The molecule has 2 aliphatic rings. The van der Waals surface area contributed by atoms with E-state index in [0.29, 0.717) is 51.0 Å². The van der Waals surface area contributed by atoms with Gasteiger partial charge in [-0.05, 0) is 57.3 Å². The van der Waals surface area contributed by atoms with E-state index in [9.17, 15) is 22.4 Å². The summed E-state index contributed by atoms with van der Waals surface area (Å²) >= 11 is 0. The number of hydrogen-bond acceptors (Lipinski definition) is 7. The number of alkyl halides is 3. The van der Waals surface area contributed by atoms with Crippen LogP contribution in [-0.4, -0.2) is 79.3 Å². The van der Waals surface area contributed by atoms with Crippen molar-refractivity contribution in [2.75, 3.05) is 61.5 Å². The van der Waals surface area contributed by atoms with Crippen LogP contribution in [-0.2, 0) is 10.9 Å². The highest BCUT2D eigenvalue weighted by molar-refractivity contribution is 6.07. The van der Waals surface area contributed by atoms with Crippen LogP contribution in [0, 0.1) is 11.6 Å². The number of amides is 1. The topological polar surface area (TPSA) is 73.8 Å². The Morgan fingerprint density at radius 3 is 2.52 bits per heavy atom. The first-order valence-corrected chi connectivity index (χ1v) is 13.6. The number of nitrogens with one attached hydrogen (secondary N) is 1. The Morgan fingerprint density at radius 2 is 1.81 bits per heavy atom. The van der Waals surface area contributed by atoms with E-state index in [2.05, 4.69) is 20.2 Å². The van der Waals surface area contributed by atoms with Crippen molar-refractivity contribution in [1.29, 1.82) is 0 Å². The third kappa shape index (κ3) is 6.31. The summed E-state index contributed by atoms with van der Waals surface area (Å²) in [6, 6.07) is 6.11. The fourth-order valence-corrected chi connectivity index (χ4v) is 5.18. The average molecular weight is 591 g/mol. The first-order valence-electron chi connectivity index (χ1n) is 13.6. The zero-order valence-corrected chi connectivity index (χ0v) is 23.4. The van der Waals surface area contributed by atoms with Crippen LogP contribution < -0.4 is 15.1 Å². The van der Waals surface area contributed by atoms with Gasteiger partial charge in [-0.15, -0.1) is 0 Å². The summed E-state index contributed by atoms with van der Waals surface area (Å²) in [5.74, 6) is -2.46. The molecule has 0 spiro atoms. The highest BCUT2D eigenvalue weighted by atomic mass is 19.4. The molecule has 13 heteroatoms. The minimum Gasteiger partial charge on any atom is -0.375 e. The number of rotatable bonds is 5. The van der Waals surface area contributed by atoms with Crippen molar-refractivity contribution in [2.45, 2.75) is 32.2 Å². The van der Waals surface area contributed by atoms with Gasteiger partial charge in [0.15, 0.2) is 0 Å². The van der Waals surface area contributed by atoms with E-state index in [1.807, 2.05) is 30.7 Å². The monoisotopic (exact) mass is 590 g/mol. The van der Waals surface area contributed by atoms with Gasteiger partial charge in [0.1, 0.15) is 11.6 Å². The average Bonchev–Trinajstić information content (AvgIpc) is 2.95.